The SMILES string of the molecule is CCSc1c(-c2nc3cc(C(F)(F)C(F)(F)F)nnc3n2C)n[c-]n1C.CCSc1c(-c2nc3cc(C(F)(F)C(F)(F)F)nnc3n2C)nc(Br)n1C.CCSc1c(-c2nc3cc(C(F)(F)C(F)(F)F)nnc3n2C)ncn1C.Cl.[Cl-].[Li+].[Zn]. The largest absolute Gasteiger partial charge is 1.00 e. The maximum atomic E-state index is 13.6. The van der Waals surface area contributed by atoms with Crippen LogP contribution in [0.5, 0.6) is 0 Å². The molecule has 0 atom stereocenters. The van der Waals surface area contributed by atoms with Crippen LogP contribution in [0.25, 0.3) is 68.0 Å². The van der Waals surface area contributed by atoms with Crippen LogP contribution in [0.2, 0.25) is 0 Å². The summed E-state index contributed by atoms with van der Waals surface area (Å²) in [5.74, 6) is -12.2. The minimum absolute atomic E-state index is 0. The first-order valence-electron chi connectivity index (χ1n) is 22.2. The van der Waals surface area contributed by atoms with Crippen LogP contribution in [0.1, 0.15) is 37.9 Å². The van der Waals surface area contributed by atoms with E-state index in [1.807, 2.05) is 20.8 Å². The van der Waals surface area contributed by atoms with E-state index in [0.717, 1.165) is 32.3 Å². The van der Waals surface area contributed by atoms with Crippen LogP contribution in [0.15, 0.2) is 44.3 Å². The molecule has 0 aromatic carbocycles. The third-order valence-corrected chi connectivity index (χ3v) is 14.9. The molecule has 0 radical (unpaired) electrons. The second-order valence-corrected chi connectivity index (χ2v) is 20.8. The normalized spacial score (nSPS) is 12.3. The summed E-state index contributed by atoms with van der Waals surface area (Å²) < 4.78 is 204. The molecule has 9 heterocycles. The van der Waals surface area contributed by atoms with Crippen LogP contribution in [0.4, 0.5) is 65.9 Å². The van der Waals surface area contributed by atoms with Crippen molar-refractivity contribution in [2.24, 2.45) is 42.3 Å². The maximum absolute atomic E-state index is 13.6. The molecular weight excluding hydrogens is 1360 g/mol. The minimum atomic E-state index is -5.77. The molecule has 444 valence electrons. The first-order valence-corrected chi connectivity index (χ1v) is 25.9. The Hall–Kier alpha value is -4.44. The zero-order valence-electron chi connectivity index (χ0n) is 44.2. The first-order chi connectivity index (χ1) is 36.6. The van der Waals surface area contributed by atoms with Gasteiger partial charge in [0.05, 0.1) is 12.2 Å². The smallest absolute Gasteiger partial charge is 1.00 e. The topological polar surface area (TPSA) is 184 Å². The standard InChI is InChI=1S/C14H12BrF5N6S.C14H13F5N6S.C14H12F5N6S.2ClH.Li.Zn/c1-4-27-11-8(22-12(15)26(11)3)10-21-6-5-7(13(16,17)14(18,19)20)23-24-9(6)25(10)2;2*1-4-26-12-9(20-6-24(12)2)11-21-7-5-8(13(15,16)14(17,18)19)22-23-10(7)25(11)3;;;;/h5H,4H2,1-3H3;5-6H,4H2,1-3H3;5H,4H2,1-3H3;2*1H;;/q;;-1;;;+1;/p-1. The number of thioether (sulfide) groups is 3. The Morgan fingerprint density at radius 2 is 0.819 bits per heavy atom. The third kappa shape index (κ3) is 13.9. The molecule has 0 N–H and O–H groups in total. The Labute approximate surface area is 517 Å². The molecule has 0 aliphatic heterocycles. The molecule has 9 aromatic heterocycles. The molecule has 0 saturated carbocycles. The van der Waals surface area contributed by atoms with Crippen LogP contribution >= 0.6 is 63.6 Å². The Kier molecular flexibility index (Phi) is 23.8. The number of imidazole rings is 6. The molecule has 0 unspecified atom stereocenters. The number of fused-ring (bicyclic) bond motifs is 3. The van der Waals surface area contributed by atoms with Crippen molar-refractivity contribution in [2.75, 3.05) is 17.3 Å². The van der Waals surface area contributed by atoms with Gasteiger partial charge in [0.25, 0.3) is 0 Å². The molecule has 9 aromatic rings. The number of nitrogens with zero attached hydrogens (tertiary/aromatic N) is 18. The van der Waals surface area contributed by atoms with E-state index in [2.05, 4.69) is 82.8 Å². The molecule has 18 nitrogen and oxygen atoms in total. The summed E-state index contributed by atoms with van der Waals surface area (Å²) in [6, 6.07) is 1.80. The van der Waals surface area contributed by atoms with Crippen molar-refractivity contribution in [3.63, 3.8) is 0 Å². The quantitative estimate of drug-likeness (QED) is 0.0639. The van der Waals surface area contributed by atoms with Gasteiger partial charge in [0, 0.05) is 61.0 Å². The van der Waals surface area contributed by atoms with E-state index < -0.39 is 53.4 Å². The van der Waals surface area contributed by atoms with Crippen molar-refractivity contribution >= 4 is 97.1 Å². The van der Waals surface area contributed by atoms with Gasteiger partial charge in [-0.25, -0.2) is 24.9 Å². The predicted octanol–water partition coefficient (Wildman–Crippen LogP) is 5.58. The number of hydrogen-bond acceptors (Lipinski definition) is 15. The summed E-state index contributed by atoms with van der Waals surface area (Å²) in [7, 11) is 9.98. The van der Waals surface area contributed by atoms with E-state index in [4.69, 9.17) is 0 Å². The molecule has 9 rings (SSSR count). The molecular formula is C42H38BrCl2F15LiN18S3Zn-. The van der Waals surface area contributed by atoms with Crippen LogP contribution < -0.4 is 31.3 Å². The predicted molar refractivity (Wildman–Crippen MR) is 268 cm³/mol. The van der Waals surface area contributed by atoms with Crippen LogP contribution in [0.3, 0.4) is 0 Å². The molecule has 0 spiro atoms. The van der Waals surface area contributed by atoms with Crippen molar-refractivity contribution < 1.29 is 117 Å². The molecule has 0 aliphatic rings. The zero-order valence-corrected chi connectivity index (χ0v) is 52.8. The Bertz CT molecular complexity index is 3560. The summed E-state index contributed by atoms with van der Waals surface area (Å²) in [5.41, 5.74) is -3.27. The fourth-order valence-corrected chi connectivity index (χ4v) is 9.98. The van der Waals surface area contributed by atoms with Crippen LogP contribution in [-0.4, -0.2) is 124 Å². The van der Waals surface area contributed by atoms with Gasteiger partial charge in [-0.1, -0.05) is 25.8 Å². The average molecular weight is 1400 g/mol. The van der Waals surface area contributed by atoms with Gasteiger partial charge in [-0.15, -0.1) is 66.5 Å². The number of hydrogen-bond donors (Lipinski definition) is 0. The van der Waals surface area contributed by atoms with Crippen molar-refractivity contribution in [3.8, 4) is 34.6 Å². The Balaban J connectivity index is 0.000000319. The number of aromatic nitrogens is 18. The monoisotopic (exact) mass is 1400 g/mol. The van der Waals surface area contributed by atoms with Gasteiger partial charge in [-0.05, 0) is 64.1 Å². The van der Waals surface area contributed by atoms with Gasteiger partial charge in [0.15, 0.2) is 33.3 Å². The van der Waals surface area contributed by atoms with E-state index in [1.54, 1.807) is 62.3 Å². The van der Waals surface area contributed by atoms with Gasteiger partial charge in [-0.2, -0.15) is 77.6 Å². The molecule has 0 saturated heterocycles. The third-order valence-electron chi connectivity index (χ3n) is 11.1. The van der Waals surface area contributed by atoms with Gasteiger partial charge < -0.3 is 44.8 Å². The Morgan fingerprint density at radius 1 is 0.482 bits per heavy atom. The van der Waals surface area contributed by atoms with E-state index in [-0.39, 0.29) is 108 Å². The van der Waals surface area contributed by atoms with Crippen molar-refractivity contribution in [3.05, 3.63) is 52.7 Å². The summed E-state index contributed by atoms with van der Waals surface area (Å²) in [6.07, 6.45) is -13.0. The molecule has 0 amide bonds. The van der Waals surface area contributed by atoms with E-state index in [1.165, 1.54) is 49.0 Å². The number of alkyl halides is 15. The molecule has 0 aliphatic carbocycles. The van der Waals surface area contributed by atoms with Gasteiger partial charge >= 0.3 is 55.2 Å². The van der Waals surface area contributed by atoms with Crippen LogP contribution in [0, 0.1) is 6.33 Å². The Morgan fingerprint density at radius 3 is 1.18 bits per heavy atom. The number of aryl methyl sites for hydroxylation is 5. The number of rotatable bonds is 12. The van der Waals surface area contributed by atoms with Gasteiger partial charge in [0.2, 0.25) is 0 Å². The summed E-state index contributed by atoms with van der Waals surface area (Å²) in [5, 5.41) is 22.0. The van der Waals surface area contributed by atoms with Crippen molar-refractivity contribution in [2.45, 2.75) is 72.1 Å². The van der Waals surface area contributed by atoms with E-state index in [0.29, 0.717) is 45.8 Å². The summed E-state index contributed by atoms with van der Waals surface area (Å²) in [4.78, 5) is 25.2. The summed E-state index contributed by atoms with van der Waals surface area (Å²) >= 11 is 7.77. The first kappa shape index (κ1) is 72.8. The summed E-state index contributed by atoms with van der Waals surface area (Å²) in [6.45, 7) is 5.84. The van der Waals surface area contributed by atoms with Gasteiger partial charge in [0.1, 0.15) is 55.1 Å². The van der Waals surface area contributed by atoms with Gasteiger partial charge in [-0.3, -0.25) is 0 Å². The van der Waals surface area contributed by atoms with E-state index >= 15 is 0 Å². The van der Waals surface area contributed by atoms with Crippen molar-refractivity contribution in [1.82, 2.24) is 87.9 Å². The average Bonchev–Trinajstić information content (AvgIpc) is 4.40. The molecule has 41 heteroatoms. The van der Waals surface area contributed by atoms with E-state index in [9.17, 15) is 65.9 Å². The fourth-order valence-electron chi connectivity index (χ4n) is 7.10. The fraction of sp³-hybridized carbons (Fsp3) is 0.429. The molecule has 0 fully saturated rings. The second-order valence-electron chi connectivity index (χ2n) is 16.3. The second kappa shape index (κ2) is 27.1. The molecule has 83 heavy (non-hydrogen) atoms. The van der Waals surface area contributed by atoms with Crippen molar-refractivity contribution in [1.29, 1.82) is 0 Å². The molecule has 0 bridgehead atoms. The maximum Gasteiger partial charge on any atom is 1.00 e. The minimum Gasteiger partial charge on any atom is -1.00 e. The zero-order chi connectivity index (χ0) is 58.7. The van der Waals surface area contributed by atoms with Crippen LogP contribution in [-0.2, 0) is 79.5 Å². The number of halogens is 18.